The van der Waals surface area contributed by atoms with E-state index in [9.17, 15) is 0 Å². The van der Waals surface area contributed by atoms with Crippen LogP contribution in [-0.4, -0.2) is 0 Å². The van der Waals surface area contributed by atoms with Gasteiger partial charge in [0.25, 0.3) is 0 Å². The highest BCUT2D eigenvalue weighted by molar-refractivity contribution is 6.32. The lowest BCUT2D eigenvalue weighted by atomic mass is 9.67. The van der Waals surface area contributed by atoms with Gasteiger partial charge in [-0.1, -0.05) is 50.4 Å². The summed E-state index contributed by atoms with van der Waals surface area (Å²) < 4.78 is 0. The maximum Gasteiger partial charge on any atom is 0.0472 e. The van der Waals surface area contributed by atoms with E-state index in [1.807, 2.05) is 0 Å². The minimum absolute atomic E-state index is 0. The Bertz CT molecular complexity index is 467. The third-order valence-corrected chi connectivity index (χ3v) is 5.75. The van der Waals surface area contributed by atoms with E-state index in [1.165, 1.54) is 49.7 Å². The zero-order valence-corrected chi connectivity index (χ0v) is 13.5. The fourth-order valence-electron chi connectivity index (χ4n) is 4.20. The highest BCUT2D eigenvalue weighted by atomic mass is 35.5. The van der Waals surface area contributed by atoms with Gasteiger partial charge in [-0.05, 0) is 60.1 Å². The molecule has 0 heterocycles. The molecule has 1 saturated carbocycles. The van der Waals surface area contributed by atoms with Gasteiger partial charge in [0.05, 0.1) is 0 Å². The summed E-state index contributed by atoms with van der Waals surface area (Å²) in [5.41, 5.74) is 4.97. The number of fused-ring (bicyclic) bond motifs is 3. The van der Waals surface area contributed by atoms with Crippen LogP contribution in [-0.2, 0) is 12.8 Å². The molecule has 0 aliphatic heterocycles. The van der Waals surface area contributed by atoms with Crippen LogP contribution in [0, 0.1) is 5.41 Å². The maximum absolute atomic E-state index is 6.64. The summed E-state index contributed by atoms with van der Waals surface area (Å²) in [6.07, 6.45) is 9.00. The number of halogens is 2. The standard InChI is InChI=1S/C17H23Cl.ClH/c1-3-5-12-7-8-13-14(16(12)18)9-11-17(2)10-4-6-15(13)17;/h7-8,15H,3-6,9-11H2,1-2H3;1H/t15-,17+;/m0./s1. The van der Waals surface area contributed by atoms with Gasteiger partial charge in [-0.15, -0.1) is 12.4 Å². The summed E-state index contributed by atoms with van der Waals surface area (Å²) in [5.74, 6) is 0.773. The summed E-state index contributed by atoms with van der Waals surface area (Å²) in [7, 11) is 0. The molecule has 0 aromatic heterocycles. The molecule has 2 aliphatic rings. The van der Waals surface area contributed by atoms with Crippen molar-refractivity contribution >= 4 is 24.0 Å². The fraction of sp³-hybridized carbons (Fsp3) is 0.647. The second kappa shape index (κ2) is 5.66. The van der Waals surface area contributed by atoms with E-state index in [4.69, 9.17) is 11.6 Å². The molecule has 0 unspecified atom stereocenters. The molecule has 0 bridgehead atoms. The third kappa shape index (κ3) is 2.43. The van der Waals surface area contributed by atoms with E-state index in [0.717, 1.165) is 17.4 Å². The summed E-state index contributed by atoms with van der Waals surface area (Å²) >= 11 is 6.64. The summed E-state index contributed by atoms with van der Waals surface area (Å²) in [5, 5.41) is 1.09. The van der Waals surface area contributed by atoms with Crippen LogP contribution in [0.15, 0.2) is 12.1 Å². The van der Waals surface area contributed by atoms with Gasteiger partial charge >= 0.3 is 0 Å². The van der Waals surface area contributed by atoms with Crippen molar-refractivity contribution < 1.29 is 0 Å². The van der Waals surface area contributed by atoms with E-state index in [0.29, 0.717) is 5.41 Å². The predicted molar refractivity (Wildman–Crippen MR) is 85.7 cm³/mol. The Balaban J connectivity index is 0.00000133. The minimum Gasteiger partial charge on any atom is -0.147 e. The van der Waals surface area contributed by atoms with Crippen LogP contribution in [0.25, 0.3) is 0 Å². The smallest absolute Gasteiger partial charge is 0.0472 e. The van der Waals surface area contributed by atoms with E-state index in [2.05, 4.69) is 26.0 Å². The van der Waals surface area contributed by atoms with Gasteiger partial charge in [-0.2, -0.15) is 0 Å². The molecular weight excluding hydrogens is 275 g/mol. The molecule has 106 valence electrons. The van der Waals surface area contributed by atoms with E-state index < -0.39 is 0 Å². The molecule has 1 aromatic rings. The summed E-state index contributed by atoms with van der Waals surface area (Å²) in [4.78, 5) is 0. The number of hydrogen-bond donors (Lipinski definition) is 0. The molecule has 2 atom stereocenters. The van der Waals surface area contributed by atoms with Crippen LogP contribution < -0.4 is 0 Å². The lowest BCUT2D eigenvalue weighted by molar-refractivity contribution is 0.252. The van der Waals surface area contributed by atoms with Crippen molar-refractivity contribution in [3.05, 3.63) is 33.8 Å². The minimum atomic E-state index is 0. The molecule has 0 N–H and O–H groups in total. The second-order valence-electron chi connectivity index (χ2n) is 6.46. The van der Waals surface area contributed by atoms with Crippen LogP contribution in [0.4, 0.5) is 0 Å². The first-order chi connectivity index (χ1) is 8.65. The second-order valence-corrected chi connectivity index (χ2v) is 6.83. The van der Waals surface area contributed by atoms with Crippen LogP contribution in [0.2, 0.25) is 5.02 Å². The topological polar surface area (TPSA) is 0 Å². The molecule has 0 radical (unpaired) electrons. The van der Waals surface area contributed by atoms with Crippen molar-refractivity contribution in [2.75, 3.05) is 0 Å². The molecule has 0 saturated heterocycles. The van der Waals surface area contributed by atoms with E-state index >= 15 is 0 Å². The Labute approximate surface area is 128 Å². The first-order valence-electron chi connectivity index (χ1n) is 7.46. The van der Waals surface area contributed by atoms with Gasteiger partial charge in [0.15, 0.2) is 0 Å². The van der Waals surface area contributed by atoms with Crippen molar-refractivity contribution in [2.24, 2.45) is 5.41 Å². The first-order valence-corrected chi connectivity index (χ1v) is 7.83. The first kappa shape index (κ1) is 15.2. The SMILES string of the molecule is CCCc1ccc2c(c1Cl)CC[C@@]1(C)CCC[C@@H]21.Cl. The lowest BCUT2D eigenvalue weighted by Crippen LogP contribution is -2.26. The van der Waals surface area contributed by atoms with Gasteiger partial charge in [0.2, 0.25) is 0 Å². The Kier molecular flexibility index (Phi) is 4.52. The highest BCUT2D eigenvalue weighted by Crippen LogP contribution is 2.56. The molecule has 0 spiro atoms. The van der Waals surface area contributed by atoms with Crippen molar-refractivity contribution in [3.8, 4) is 0 Å². The molecule has 3 rings (SSSR count). The zero-order valence-electron chi connectivity index (χ0n) is 12.0. The molecular formula is C17H24Cl2. The molecule has 2 heteroatoms. The molecule has 1 aromatic carbocycles. The Morgan fingerprint density at radius 3 is 2.84 bits per heavy atom. The van der Waals surface area contributed by atoms with Crippen molar-refractivity contribution in [2.45, 2.75) is 64.7 Å². The van der Waals surface area contributed by atoms with Crippen molar-refractivity contribution in [1.29, 1.82) is 0 Å². The number of aryl methyl sites for hydroxylation is 1. The normalized spacial score (nSPS) is 28.5. The monoisotopic (exact) mass is 298 g/mol. The maximum atomic E-state index is 6.64. The fourth-order valence-corrected chi connectivity index (χ4v) is 4.56. The summed E-state index contributed by atoms with van der Waals surface area (Å²) in [6.45, 7) is 4.71. The van der Waals surface area contributed by atoms with Crippen molar-refractivity contribution in [1.82, 2.24) is 0 Å². The molecule has 1 fully saturated rings. The predicted octanol–water partition coefficient (Wildman–Crippen LogP) is 5.93. The average molecular weight is 299 g/mol. The molecule has 2 aliphatic carbocycles. The molecule has 0 nitrogen and oxygen atoms in total. The van der Waals surface area contributed by atoms with Crippen molar-refractivity contribution in [3.63, 3.8) is 0 Å². The van der Waals surface area contributed by atoms with E-state index in [-0.39, 0.29) is 12.4 Å². The Morgan fingerprint density at radius 1 is 1.32 bits per heavy atom. The van der Waals surface area contributed by atoms with Gasteiger partial charge in [-0.25, -0.2) is 0 Å². The lowest BCUT2D eigenvalue weighted by Gasteiger charge is -2.38. The van der Waals surface area contributed by atoms with Gasteiger partial charge in [0, 0.05) is 5.02 Å². The third-order valence-electron chi connectivity index (χ3n) is 5.28. The van der Waals surface area contributed by atoms with Gasteiger partial charge in [0.1, 0.15) is 0 Å². The van der Waals surface area contributed by atoms with Crippen LogP contribution >= 0.6 is 24.0 Å². The zero-order chi connectivity index (χ0) is 12.8. The van der Waals surface area contributed by atoms with Gasteiger partial charge in [-0.3, -0.25) is 0 Å². The quantitative estimate of drug-likeness (QED) is 0.634. The average Bonchev–Trinajstić information content (AvgIpc) is 2.75. The number of benzene rings is 1. The highest BCUT2D eigenvalue weighted by Gasteiger charge is 2.43. The largest absolute Gasteiger partial charge is 0.147 e. The molecule has 0 amide bonds. The Morgan fingerprint density at radius 2 is 2.11 bits per heavy atom. The van der Waals surface area contributed by atoms with E-state index in [1.54, 1.807) is 5.56 Å². The summed E-state index contributed by atoms with van der Waals surface area (Å²) in [6, 6.07) is 4.67. The Hall–Kier alpha value is -0.200. The van der Waals surface area contributed by atoms with Crippen LogP contribution in [0.3, 0.4) is 0 Å². The molecule has 19 heavy (non-hydrogen) atoms. The van der Waals surface area contributed by atoms with Gasteiger partial charge < -0.3 is 0 Å². The van der Waals surface area contributed by atoms with Crippen LogP contribution in [0.1, 0.15) is 68.6 Å². The van der Waals surface area contributed by atoms with Crippen LogP contribution in [0.5, 0.6) is 0 Å². The number of rotatable bonds is 2. The number of hydrogen-bond acceptors (Lipinski definition) is 0.